The van der Waals surface area contributed by atoms with Crippen LogP contribution in [0.5, 0.6) is 0 Å². The number of hydrogen-bond donors (Lipinski definition) is 2. The van der Waals surface area contributed by atoms with E-state index in [2.05, 4.69) is 15.0 Å². The van der Waals surface area contributed by atoms with Gasteiger partial charge in [-0.1, -0.05) is 29.8 Å². The van der Waals surface area contributed by atoms with Crippen molar-refractivity contribution >= 4 is 34.4 Å². The molecule has 0 saturated heterocycles. The van der Waals surface area contributed by atoms with Gasteiger partial charge in [0.1, 0.15) is 0 Å². The lowest BCUT2D eigenvalue weighted by Crippen LogP contribution is -2.20. The number of Topliss-reactive ketones (excluding diaryl/α,β-unsaturated/α-hetero) is 1. The molecule has 0 amide bonds. The normalized spacial score (nSPS) is 14.0. The van der Waals surface area contributed by atoms with E-state index in [-0.39, 0.29) is 22.8 Å². The number of aromatic amines is 1. The van der Waals surface area contributed by atoms with Gasteiger partial charge in [0.15, 0.2) is 11.4 Å². The second kappa shape index (κ2) is 5.42. The zero-order valence-electron chi connectivity index (χ0n) is 12.6. The fourth-order valence-corrected chi connectivity index (χ4v) is 3.42. The summed E-state index contributed by atoms with van der Waals surface area (Å²) < 4.78 is 0. The summed E-state index contributed by atoms with van der Waals surface area (Å²) in [6, 6.07) is 7.12. The van der Waals surface area contributed by atoms with E-state index in [1.54, 1.807) is 18.2 Å². The molecule has 1 aliphatic carbocycles. The Hall–Kier alpha value is -2.73. The molecule has 2 heterocycles. The number of aromatic nitrogens is 3. The lowest BCUT2D eigenvalue weighted by molar-refractivity contribution is 0.0972. The first kappa shape index (κ1) is 14.8. The number of nitrogens with one attached hydrogen (secondary N) is 1. The average molecular weight is 341 g/mol. The van der Waals surface area contributed by atoms with Gasteiger partial charge in [-0.25, -0.2) is 4.98 Å². The number of ketones is 1. The number of carbonyl (C=O) groups excluding carboxylic acids is 1. The Labute approximate surface area is 141 Å². The Morgan fingerprint density at radius 1 is 1.08 bits per heavy atom. The van der Waals surface area contributed by atoms with E-state index in [9.17, 15) is 9.59 Å². The fraction of sp³-hybridized carbons (Fsp3) is 0.176. The van der Waals surface area contributed by atoms with Crippen molar-refractivity contribution in [3.8, 4) is 11.1 Å². The molecule has 0 radical (unpaired) electrons. The van der Waals surface area contributed by atoms with E-state index in [0.717, 1.165) is 6.42 Å². The standard InChI is InChI=1S/C17H13ClN4O2/c18-9-5-2-1-4-8(9)12-13-10(6-3-7-11(13)23)20-15-14(12)16(24)22-17(19)21-15/h1-2,4-5H,3,6-7H2,(H3,19,20,21,22,24). The van der Waals surface area contributed by atoms with Gasteiger partial charge in [-0.15, -0.1) is 0 Å². The molecule has 3 aromatic rings. The first-order valence-electron chi connectivity index (χ1n) is 7.56. The van der Waals surface area contributed by atoms with Gasteiger partial charge in [0, 0.05) is 28.1 Å². The van der Waals surface area contributed by atoms with Crippen LogP contribution >= 0.6 is 11.6 Å². The van der Waals surface area contributed by atoms with Crippen LogP contribution in [0.4, 0.5) is 5.95 Å². The highest BCUT2D eigenvalue weighted by Gasteiger charge is 2.27. The van der Waals surface area contributed by atoms with Gasteiger partial charge in [0.2, 0.25) is 5.95 Å². The number of fused-ring (bicyclic) bond motifs is 2. The molecule has 7 heteroatoms. The van der Waals surface area contributed by atoms with E-state index in [1.165, 1.54) is 0 Å². The van der Waals surface area contributed by atoms with Crippen LogP contribution in [0.15, 0.2) is 29.1 Å². The van der Waals surface area contributed by atoms with Crippen molar-refractivity contribution in [2.45, 2.75) is 19.3 Å². The van der Waals surface area contributed by atoms with Crippen molar-refractivity contribution in [2.75, 3.05) is 5.73 Å². The number of nitrogens with two attached hydrogens (primary N) is 1. The molecule has 0 aliphatic heterocycles. The summed E-state index contributed by atoms with van der Waals surface area (Å²) in [6.07, 6.45) is 1.81. The molecule has 0 spiro atoms. The van der Waals surface area contributed by atoms with Gasteiger partial charge in [-0.05, 0) is 18.9 Å². The minimum absolute atomic E-state index is 0.00723. The minimum atomic E-state index is -0.430. The third-order valence-corrected chi connectivity index (χ3v) is 4.52. The Balaban J connectivity index is 2.24. The highest BCUT2D eigenvalue weighted by Crippen LogP contribution is 2.37. The Morgan fingerprint density at radius 2 is 1.88 bits per heavy atom. The second-order valence-corrected chi connectivity index (χ2v) is 6.12. The summed E-state index contributed by atoms with van der Waals surface area (Å²) in [5, 5.41) is 0.702. The van der Waals surface area contributed by atoms with Gasteiger partial charge >= 0.3 is 0 Å². The van der Waals surface area contributed by atoms with Crippen LogP contribution in [-0.4, -0.2) is 20.7 Å². The second-order valence-electron chi connectivity index (χ2n) is 5.71. The van der Waals surface area contributed by atoms with Gasteiger partial charge in [-0.2, -0.15) is 4.98 Å². The number of aryl methyl sites for hydroxylation is 1. The van der Waals surface area contributed by atoms with Crippen LogP contribution in [-0.2, 0) is 6.42 Å². The molecule has 0 saturated carbocycles. The zero-order chi connectivity index (χ0) is 16.8. The highest BCUT2D eigenvalue weighted by molar-refractivity contribution is 6.34. The summed E-state index contributed by atoms with van der Waals surface area (Å²) in [6.45, 7) is 0. The van der Waals surface area contributed by atoms with Crippen molar-refractivity contribution in [3.05, 3.63) is 50.9 Å². The van der Waals surface area contributed by atoms with E-state index < -0.39 is 5.56 Å². The number of hydrogen-bond acceptors (Lipinski definition) is 5. The van der Waals surface area contributed by atoms with Crippen LogP contribution in [0.2, 0.25) is 5.02 Å². The quantitative estimate of drug-likeness (QED) is 0.709. The average Bonchev–Trinajstić information content (AvgIpc) is 2.53. The maximum atomic E-state index is 12.6. The topological polar surface area (TPSA) is 102 Å². The molecule has 1 aromatic carbocycles. The molecule has 4 rings (SSSR count). The largest absolute Gasteiger partial charge is 0.369 e. The van der Waals surface area contributed by atoms with Crippen molar-refractivity contribution in [1.82, 2.24) is 15.0 Å². The molecule has 0 bridgehead atoms. The van der Waals surface area contributed by atoms with Crippen molar-refractivity contribution < 1.29 is 4.79 Å². The number of anilines is 1. The first-order chi connectivity index (χ1) is 11.6. The van der Waals surface area contributed by atoms with Gasteiger partial charge in [0.05, 0.1) is 11.1 Å². The molecule has 6 nitrogen and oxygen atoms in total. The lowest BCUT2D eigenvalue weighted by atomic mass is 9.87. The number of nitrogens with zero attached hydrogens (tertiary/aromatic N) is 2. The van der Waals surface area contributed by atoms with Crippen molar-refractivity contribution in [3.63, 3.8) is 0 Å². The highest BCUT2D eigenvalue weighted by atomic mass is 35.5. The van der Waals surface area contributed by atoms with Crippen LogP contribution in [0.25, 0.3) is 22.2 Å². The molecule has 0 fully saturated rings. The predicted octanol–water partition coefficient (Wildman–Crippen LogP) is 2.74. The van der Waals surface area contributed by atoms with Crippen LogP contribution in [0.3, 0.4) is 0 Å². The summed E-state index contributed by atoms with van der Waals surface area (Å²) in [5.74, 6) is -0.0380. The van der Waals surface area contributed by atoms with Crippen LogP contribution in [0, 0.1) is 0 Å². The number of benzene rings is 1. The number of nitrogen functional groups attached to an aromatic ring is 1. The number of H-pyrrole nitrogens is 1. The van der Waals surface area contributed by atoms with Crippen LogP contribution in [0.1, 0.15) is 28.9 Å². The number of pyridine rings is 1. The Morgan fingerprint density at radius 3 is 2.67 bits per heavy atom. The lowest BCUT2D eigenvalue weighted by Gasteiger charge is -2.19. The SMILES string of the molecule is Nc1nc2nc3c(c(-c4ccccc4Cl)c2c(=O)[nH]1)C(=O)CCC3. The number of rotatable bonds is 1. The first-order valence-corrected chi connectivity index (χ1v) is 7.94. The maximum absolute atomic E-state index is 12.6. The zero-order valence-corrected chi connectivity index (χ0v) is 13.4. The Kier molecular flexibility index (Phi) is 3.35. The Bertz CT molecular complexity index is 1060. The molecule has 0 atom stereocenters. The monoisotopic (exact) mass is 340 g/mol. The fourth-order valence-electron chi connectivity index (χ4n) is 3.19. The molecule has 1 aliphatic rings. The molecule has 24 heavy (non-hydrogen) atoms. The summed E-state index contributed by atoms with van der Waals surface area (Å²) in [4.78, 5) is 36.2. The molecule has 0 unspecified atom stereocenters. The molecular weight excluding hydrogens is 328 g/mol. The van der Waals surface area contributed by atoms with E-state index in [4.69, 9.17) is 17.3 Å². The number of halogens is 1. The molecule has 2 aromatic heterocycles. The number of carbonyl (C=O) groups is 1. The summed E-state index contributed by atoms with van der Waals surface area (Å²) >= 11 is 6.34. The molecule has 120 valence electrons. The maximum Gasteiger partial charge on any atom is 0.262 e. The van der Waals surface area contributed by atoms with Crippen molar-refractivity contribution in [2.24, 2.45) is 0 Å². The van der Waals surface area contributed by atoms with Gasteiger partial charge in [0.25, 0.3) is 5.56 Å². The van der Waals surface area contributed by atoms with E-state index >= 15 is 0 Å². The van der Waals surface area contributed by atoms with Gasteiger partial charge in [-0.3, -0.25) is 14.6 Å². The molecule has 3 N–H and O–H groups in total. The summed E-state index contributed by atoms with van der Waals surface area (Å²) in [7, 11) is 0. The van der Waals surface area contributed by atoms with E-state index in [0.29, 0.717) is 40.2 Å². The minimum Gasteiger partial charge on any atom is -0.369 e. The van der Waals surface area contributed by atoms with Crippen molar-refractivity contribution in [1.29, 1.82) is 0 Å². The summed E-state index contributed by atoms with van der Waals surface area (Å²) in [5.41, 5.74) is 7.69. The third-order valence-electron chi connectivity index (χ3n) is 4.19. The predicted molar refractivity (Wildman–Crippen MR) is 92.3 cm³/mol. The smallest absolute Gasteiger partial charge is 0.262 e. The molecular formula is C17H13ClN4O2. The van der Waals surface area contributed by atoms with Gasteiger partial charge < -0.3 is 5.73 Å². The third kappa shape index (κ3) is 2.18. The van der Waals surface area contributed by atoms with E-state index in [1.807, 2.05) is 6.07 Å². The van der Waals surface area contributed by atoms with Crippen LogP contribution < -0.4 is 11.3 Å².